The Kier molecular flexibility index (Phi) is 6.99. The molecule has 3 nitrogen and oxygen atoms in total. The zero-order chi connectivity index (χ0) is 25.5. The highest BCUT2D eigenvalue weighted by atomic mass is 19.2. The maximum atomic E-state index is 16.2. The first kappa shape index (κ1) is 25.6. The molecule has 0 aromatic rings. The van der Waals surface area contributed by atoms with E-state index in [0.717, 1.165) is 36.0 Å². The molecule has 5 atom stereocenters. The lowest BCUT2D eigenvalue weighted by Gasteiger charge is -2.53. The summed E-state index contributed by atoms with van der Waals surface area (Å²) in [5, 5.41) is 11.6. The summed E-state index contributed by atoms with van der Waals surface area (Å²) in [5.41, 5.74) is 1.63. The molecule has 0 radical (unpaired) electrons. The highest BCUT2D eigenvalue weighted by Crippen LogP contribution is 2.66. The molecule has 188 valence electrons. The van der Waals surface area contributed by atoms with Gasteiger partial charge in [-0.2, -0.15) is 0 Å². The van der Waals surface area contributed by atoms with Crippen molar-refractivity contribution < 1.29 is 18.7 Å². The van der Waals surface area contributed by atoms with Crippen LogP contribution in [0.15, 0.2) is 58.9 Å². The number of hydrogen-bond donors (Lipinski definition) is 1. The first-order chi connectivity index (χ1) is 16.6. The largest absolute Gasteiger partial charge is 0.377 e. The van der Waals surface area contributed by atoms with E-state index in [4.69, 9.17) is 0 Å². The molecule has 35 heavy (non-hydrogen) atoms. The Balaban J connectivity index is 1.89. The van der Waals surface area contributed by atoms with E-state index in [-0.39, 0.29) is 17.6 Å². The Bertz CT molecular complexity index is 1120. The second-order valence-electron chi connectivity index (χ2n) is 10.8. The standard InChI is InChI=1S/C30H37F2NO2/c1-6-14-30(35)15-13-25-23-11-9-19-16-21(34)10-12-22(19)27(23)24(18-29(25,30)4)28(32)26(31)17-20(7-2)33(5)8-3/h7,16-17,23-25,35H,2,8-13,15,18H2,1,3-5H3/b20-17+,28-26+/t23-,24-,25-,29-,30-/m0/s1. The van der Waals surface area contributed by atoms with Crippen LogP contribution >= 0.6 is 0 Å². The van der Waals surface area contributed by atoms with E-state index in [2.05, 4.69) is 18.4 Å². The van der Waals surface area contributed by atoms with Gasteiger partial charge in [0.2, 0.25) is 0 Å². The lowest BCUT2D eigenvalue weighted by molar-refractivity contribution is -0.114. The van der Waals surface area contributed by atoms with E-state index in [1.165, 1.54) is 12.2 Å². The molecule has 5 heteroatoms. The zero-order valence-corrected chi connectivity index (χ0v) is 21.4. The molecule has 4 rings (SSSR count). The van der Waals surface area contributed by atoms with Crippen molar-refractivity contribution in [2.75, 3.05) is 13.6 Å². The topological polar surface area (TPSA) is 40.5 Å². The summed E-state index contributed by atoms with van der Waals surface area (Å²) in [6.45, 7) is 10.1. The molecule has 0 saturated heterocycles. The van der Waals surface area contributed by atoms with Crippen LogP contribution in [-0.2, 0) is 4.79 Å². The fourth-order valence-corrected chi connectivity index (χ4v) is 7.18. The Morgan fingerprint density at radius 3 is 2.71 bits per heavy atom. The number of aliphatic hydroxyl groups is 1. The third-order valence-corrected chi connectivity index (χ3v) is 9.15. The molecular formula is C30H37F2NO2. The van der Waals surface area contributed by atoms with Crippen LogP contribution < -0.4 is 0 Å². The van der Waals surface area contributed by atoms with Gasteiger partial charge in [-0.15, -0.1) is 5.92 Å². The van der Waals surface area contributed by atoms with E-state index in [1.54, 1.807) is 13.0 Å². The number of carbonyl (C=O) groups excluding carboxylic acids is 1. The van der Waals surface area contributed by atoms with Crippen LogP contribution in [0.5, 0.6) is 0 Å². The molecule has 0 aromatic heterocycles. The van der Waals surface area contributed by atoms with Crippen molar-refractivity contribution >= 4 is 5.78 Å². The average molecular weight is 482 g/mol. The van der Waals surface area contributed by atoms with Gasteiger partial charge in [0.1, 0.15) is 11.4 Å². The molecule has 1 N–H and O–H groups in total. The number of ketones is 1. The molecule has 4 aliphatic rings. The molecule has 0 heterocycles. The van der Waals surface area contributed by atoms with E-state index in [0.29, 0.717) is 37.9 Å². The number of allylic oxidation sites excluding steroid dienone is 8. The molecule has 0 bridgehead atoms. The van der Waals surface area contributed by atoms with Gasteiger partial charge in [-0.25, -0.2) is 8.78 Å². The van der Waals surface area contributed by atoms with E-state index < -0.39 is 28.6 Å². The summed E-state index contributed by atoms with van der Waals surface area (Å²) in [4.78, 5) is 13.9. The van der Waals surface area contributed by atoms with Crippen LogP contribution in [-0.4, -0.2) is 35.0 Å². The number of fused-ring (bicyclic) bond motifs is 4. The highest BCUT2D eigenvalue weighted by molar-refractivity contribution is 5.93. The van der Waals surface area contributed by atoms with Gasteiger partial charge in [0, 0.05) is 37.0 Å². The quantitative estimate of drug-likeness (QED) is 0.368. The predicted octanol–water partition coefficient (Wildman–Crippen LogP) is 6.35. The lowest BCUT2D eigenvalue weighted by atomic mass is 9.52. The maximum absolute atomic E-state index is 16.2. The summed E-state index contributed by atoms with van der Waals surface area (Å²) >= 11 is 0. The van der Waals surface area contributed by atoms with Gasteiger partial charge in [0.05, 0.1) is 0 Å². The Hall–Kier alpha value is -2.45. The number of nitrogens with zero attached hydrogens (tertiary/aromatic N) is 1. The van der Waals surface area contributed by atoms with Crippen LogP contribution in [0.2, 0.25) is 0 Å². The molecule has 2 fully saturated rings. The monoisotopic (exact) mass is 481 g/mol. The van der Waals surface area contributed by atoms with Crippen LogP contribution in [0.3, 0.4) is 0 Å². The SMILES string of the molecule is C=C/C(=C\C(F)=C(/F)[C@H]1C[C@@]2(C)[C@@H](CC[C@@]2(O)C#CC)[C@@H]2CCC3=CC(=O)CCC3=C21)N(C)CC. The average Bonchev–Trinajstić information content (AvgIpc) is 3.10. The minimum absolute atomic E-state index is 0.0477. The minimum Gasteiger partial charge on any atom is -0.377 e. The molecule has 0 aromatic carbocycles. The van der Waals surface area contributed by atoms with Crippen molar-refractivity contribution in [2.24, 2.45) is 23.2 Å². The fraction of sp³-hybridized carbons (Fsp3) is 0.567. The normalized spacial score (nSPS) is 35.2. The summed E-state index contributed by atoms with van der Waals surface area (Å²) in [7, 11) is 1.81. The Morgan fingerprint density at radius 2 is 2.06 bits per heavy atom. The molecule has 0 amide bonds. The van der Waals surface area contributed by atoms with Crippen molar-refractivity contribution in [3.8, 4) is 11.8 Å². The molecule has 0 aliphatic heterocycles. The van der Waals surface area contributed by atoms with Crippen LogP contribution in [0.4, 0.5) is 8.78 Å². The summed E-state index contributed by atoms with van der Waals surface area (Å²) in [6.07, 6.45) is 8.64. The number of halogens is 2. The van der Waals surface area contributed by atoms with Crippen LogP contribution in [0.1, 0.15) is 65.7 Å². The maximum Gasteiger partial charge on any atom is 0.157 e. The molecule has 0 unspecified atom stereocenters. The summed E-state index contributed by atoms with van der Waals surface area (Å²) in [5.74, 6) is 3.75. The van der Waals surface area contributed by atoms with Crippen molar-refractivity contribution in [3.05, 3.63) is 58.9 Å². The second kappa shape index (κ2) is 9.54. The molecule has 2 saturated carbocycles. The van der Waals surface area contributed by atoms with Gasteiger partial charge >= 0.3 is 0 Å². The van der Waals surface area contributed by atoms with Crippen molar-refractivity contribution in [2.45, 2.75) is 71.3 Å². The Labute approximate surface area is 208 Å². The Morgan fingerprint density at radius 1 is 1.31 bits per heavy atom. The van der Waals surface area contributed by atoms with Gasteiger partial charge in [-0.1, -0.05) is 25.0 Å². The van der Waals surface area contributed by atoms with E-state index in [9.17, 15) is 9.90 Å². The number of rotatable bonds is 5. The predicted molar refractivity (Wildman–Crippen MR) is 135 cm³/mol. The summed E-state index contributed by atoms with van der Waals surface area (Å²) in [6, 6.07) is 0. The van der Waals surface area contributed by atoms with Gasteiger partial charge in [-0.3, -0.25) is 4.79 Å². The molecular weight excluding hydrogens is 444 g/mol. The first-order valence-electron chi connectivity index (χ1n) is 12.8. The zero-order valence-electron chi connectivity index (χ0n) is 21.4. The number of hydrogen-bond acceptors (Lipinski definition) is 3. The van der Waals surface area contributed by atoms with Crippen LogP contribution in [0, 0.1) is 35.0 Å². The summed E-state index contributed by atoms with van der Waals surface area (Å²) < 4.78 is 31.7. The smallest absolute Gasteiger partial charge is 0.157 e. The van der Waals surface area contributed by atoms with E-state index in [1.807, 2.05) is 25.8 Å². The highest BCUT2D eigenvalue weighted by Gasteiger charge is 2.63. The lowest BCUT2D eigenvalue weighted by Crippen LogP contribution is -2.51. The number of carbonyl (C=O) groups is 1. The van der Waals surface area contributed by atoms with Crippen molar-refractivity contribution in [3.63, 3.8) is 0 Å². The van der Waals surface area contributed by atoms with Crippen molar-refractivity contribution in [1.29, 1.82) is 0 Å². The molecule has 4 aliphatic carbocycles. The third kappa shape index (κ3) is 4.14. The van der Waals surface area contributed by atoms with Crippen LogP contribution in [0.25, 0.3) is 0 Å². The van der Waals surface area contributed by atoms with E-state index >= 15 is 8.78 Å². The van der Waals surface area contributed by atoms with Crippen molar-refractivity contribution in [1.82, 2.24) is 4.90 Å². The van der Waals surface area contributed by atoms with Gasteiger partial charge in [-0.05, 0) is 93.6 Å². The fourth-order valence-electron chi connectivity index (χ4n) is 7.18. The van der Waals surface area contributed by atoms with Gasteiger partial charge in [0.25, 0.3) is 0 Å². The third-order valence-electron chi connectivity index (χ3n) is 9.15. The van der Waals surface area contributed by atoms with Gasteiger partial charge in [0.15, 0.2) is 11.6 Å². The second-order valence-corrected chi connectivity index (χ2v) is 10.8. The van der Waals surface area contributed by atoms with Gasteiger partial charge < -0.3 is 10.0 Å². The first-order valence-corrected chi connectivity index (χ1v) is 12.8. The minimum atomic E-state index is -1.22. The number of likely N-dealkylation sites (N-methyl/N-ethyl adjacent to an activating group) is 1. The molecule has 0 spiro atoms.